The molecule has 0 amide bonds. The van der Waals surface area contributed by atoms with E-state index in [1.54, 1.807) is 6.08 Å². The van der Waals surface area contributed by atoms with Crippen molar-refractivity contribution in [3.63, 3.8) is 0 Å². The standard InChI is InChI=1S/C31H42O4.C30H44O5.C29H46O5.C27H40O4.3CO2/c1-4-24-18-28-20-27-12-8-11-26(33-27)17-22(2)13-14-23(3)30(16-15-25-9-6-5-7-10-25)35-31(32)21-29(19-24)34-28;1-5-21(2)10-7-6-8-13-29-23(4)15-14-22(3)16-25-11-9-12-26(33-25)19-27-17-24(31)18-28(34-27)20-30(32)35-29;1-4-5-6-7-8-9-13-28-22(3)15-14-21(2)16-24-11-10-12-25(32-24)19-26-17-23(30)18-27(33-26)20-29(31)34-28;1-5-7-11-26-20(4)13-12-19(3)14-22-9-8-10-23(29-22)17-24-15-21(6-2)16-25(30-24)18-27(28)31-26;3*2-1-3/h4-7,9-10,13-16,22-23,26-30H,8,11-12,17-21H2,1-3H3;6-8,10,13-15,22-23,25-29H,5,9,11-12,16-20H2,1-4H3;7-9,13-15,21-28,30H,4-6,10-12,16-20H2,1-3H3;5-7,11-13,19-20,22-26H,1,8-10,14-18H2,2-4H3;;;/b14-13+,16-15+,24-4-;7-6-,13-8+,15-14+,21-10+;8-7?,13-9+,15-14+;11-7+,13-12+,21-6-;;;/t22-,23-,26+,27?,28+,29?,30?;22-,23-,25+,26?,27+,28?,29?;21-,22-,23+,24+,25?,26+,27?,28?;19-,20-,22+,23?,24+,25?,26?;;;/m0000.../s1. The van der Waals surface area contributed by atoms with Crippen molar-refractivity contribution in [3.05, 3.63) is 199 Å². The zero-order valence-corrected chi connectivity index (χ0v) is 88.5. The largest absolute Gasteiger partial charge is 0.457 e. The van der Waals surface area contributed by atoms with Gasteiger partial charge in [0, 0.05) is 62.2 Å². The number of fused-ring (bicyclic) bond motifs is 16. The van der Waals surface area contributed by atoms with Crippen LogP contribution in [0.25, 0.3) is 6.08 Å². The number of carbonyl (C=O) groups is 5. The van der Waals surface area contributed by atoms with E-state index in [4.69, 9.17) is 85.6 Å². The first-order valence-electron chi connectivity index (χ1n) is 54.0. The number of aliphatic hydroxyl groups excluding tert-OH is 1. The predicted octanol–water partition coefficient (Wildman–Crippen LogP) is 23.9. The van der Waals surface area contributed by atoms with Gasteiger partial charge in [-0.05, 0) is 228 Å². The van der Waals surface area contributed by atoms with Crippen LogP contribution in [0.4, 0.5) is 0 Å². The lowest BCUT2D eigenvalue weighted by molar-refractivity contribution is -0.193. The smallest absolute Gasteiger partial charge is 0.373 e. The fraction of sp³-hybridized carbons (Fsp3) is 0.650. The van der Waals surface area contributed by atoms with Crippen LogP contribution >= 0.6 is 0 Å². The highest BCUT2D eigenvalue weighted by molar-refractivity contribution is 5.81. The molecule has 24 nitrogen and oxygen atoms in total. The molecule has 1 N–H and O–H groups in total. The van der Waals surface area contributed by atoms with Gasteiger partial charge in [0.15, 0.2) is 0 Å². The number of aliphatic hydroxyl groups is 1. The molecule has 0 radical (unpaired) electrons. The molecule has 16 bridgehead atoms. The van der Waals surface area contributed by atoms with E-state index < -0.39 is 12.2 Å². The molecule has 13 rings (SSSR count). The Bertz CT molecular complexity index is 4450. The van der Waals surface area contributed by atoms with Gasteiger partial charge in [-0.1, -0.05) is 257 Å². The Balaban J connectivity index is 0.000000253. The lowest BCUT2D eigenvalue weighted by Gasteiger charge is -2.37. The molecule has 1 aromatic rings. The summed E-state index contributed by atoms with van der Waals surface area (Å²) >= 11 is 0. The Kier molecular flexibility index (Phi) is 58.5. The number of ketones is 1. The number of hydrogen-bond acceptors (Lipinski definition) is 24. The Morgan fingerprint density at radius 1 is 0.361 bits per heavy atom. The van der Waals surface area contributed by atoms with Crippen LogP contribution in [0.3, 0.4) is 0 Å². The lowest BCUT2D eigenvalue weighted by Crippen LogP contribution is -2.40. The third-order valence-electron chi connectivity index (χ3n) is 28.8. The minimum Gasteiger partial charge on any atom is -0.457 e. The molecule has 12 aliphatic rings. The van der Waals surface area contributed by atoms with Crippen molar-refractivity contribution in [3.8, 4) is 0 Å². The van der Waals surface area contributed by atoms with E-state index >= 15 is 0 Å². The van der Waals surface area contributed by atoms with Gasteiger partial charge in [-0.15, -0.1) is 0 Å². The summed E-state index contributed by atoms with van der Waals surface area (Å²) in [6.45, 7) is 31.7. The zero-order chi connectivity index (χ0) is 105. The molecule has 12 heterocycles. The summed E-state index contributed by atoms with van der Waals surface area (Å²) in [7, 11) is 0. The van der Waals surface area contributed by atoms with Crippen LogP contribution in [0, 0.1) is 47.3 Å². The minimum absolute atomic E-state index is 0.0218. The summed E-state index contributed by atoms with van der Waals surface area (Å²) in [5, 5.41) is 10.4. The van der Waals surface area contributed by atoms with Crippen molar-refractivity contribution < 1.29 is 115 Å². The van der Waals surface area contributed by atoms with Crippen LogP contribution in [-0.2, 0) is 110 Å². The normalized spacial score (nSPS) is 36.1. The molecule has 12 unspecified atom stereocenters. The molecule has 8 fully saturated rings. The Hall–Kier alpha value is -9.09. The van der Waals surface area contributed by atoms with Gasteiger partial charge in [-0.3, -0.25) is 24.0 Å². The summed E-state index contributed by atoms with van der Waals surface area (Å²) in [6, 6.07) is 10.2. The minimum atomic E-state index is -0.444. The van der Waals surface area contributed by atoms with Crippen LogP contribution in [0.15, 0.2) is 193 Å². The van der Waals surface area contributed by atoms with Crippen molar-refractivity contribution in [2.24, 2.45) is 47.3 Å². The number of allylic oxidation sites excluding steroid dienone is 16. The Morgan fingerprint density at radius 3 is 1.04 bits per heavy atom. The molecule has 8 saturated heterocycles. The van der Waals surface area contributed by atoms with Crippen molar-refractivity contribution in [2.75, 3.05) is 0 Å². The highest BCUT2D eigenvalue weighted by atomic mass is 16.6. The maximum atomic E-state index is 13.1. The van der Waals surface area contributed by atoms with Crippen molar-refractivity contribution in [1.82, 2.24) is 0 Å². The van der Waals surface area contributed by atoms with Gasteiger partial charge in [-0.2, -0.15) is 28.8 Å². The molecule has 24 heteroatoms. The molecule has 0 aliphatic carbocycles. The number of benzene rings is 1. The predicted molar refractivity (Wildman–Crippen MR) is 555 cm³/mol. The lowest BCUT2D eigenvalue weighted by atomic mass is 9.90. The first-order chi connectivity index (χ1) is 69.4. The Labute approximate surface area is 859 Å². The summed E-state index contributed by atoms with van der Waals surface area (Å²) < 4.78 is 74.9. The molecule has 1 aromatic carbocycles. The maximum absolute atomic E-state index is 13.1. The zero-order valence-electron chi connectivity index (χ0n) is 88.5. The molecule has 29 atom stereocenters. The van der Waals surface area contributed by atoms with E-state index in [9.17, 15) is 29.1 Å². The second-order valence-corrected chi connectivity index (χ2v) is 41.7. The topological polar surface area (TPSA) is 319 Å². The van der Waals surface area contributed by atoms with Crippen LogP contribution in [-0.4, -0.2) is 181 Å². The van der Waals surface area contributed by atoms with Gasteiger partial charge in [0.1, 0.15) is 30.2 Å². The third kappa shape index (κ3) is 48.7. The van der Waals surface area contributed by atoms with Gasteiger partial charge >= 0.3 is 42.3 Å². The fourth-order valence-electron chi connectivity index (χ4n) is 21.0. The van der Waals surface area contributed by atoms with E-state index in [1.807, 2.05) is 85.0 Å². The molecular formula is C120H172O24. The molecule has 12 aliphatic heterocycles. The number of Topliss-reactive ketones (excluding diaryl/α,β-unsaturated/α-hetero) is 1. The van der Waals surface area contributed by atoms with Crippen molar-refractivity contribution >= 4 is 54.2 Å². The summed E-state index contributed by atoms with van der Waals surface area (Å²) in [5.74, 6) is 1.01. The molecule has 0 spiro atoms. The molecule has 144 heavy (non-hydrogen) atoms. The van der Waals surface area contributed by atoms with E-state index in [2.05, 4.69) is 182 Å². The molecular weight excluding hydrogens is 1830 g/mol. The second-order valence-electron chi connectivity index (χ2n) is 41.7. The summed E-state index contributed by atoms with van der Waals surface area (Å²) in [5.41, 5.74) is 5.15. The van der Waals surface area contributed by atoms with Crippen LogP contribution in [0.5, 0.6) is 0 Å². The number of unbranched alkanes of at least 4 members (excludes halogenated alkanes) is 2. The fourth-order valence-corrected chi connectivity index (χ4v) is 21.0. The van der Waals surface area contributed by atoms with Gasteiger partial charge in [0.05, 0.1) is 129 Å². The van der Waals surface area contributed by atoms with Crippen LogP contribution in [0.1, 0.15) is 327 Å². The summed E-state index contributed by atoms with van der Waals surface area (Å²) in [4.78, 5) is 113. The van der Waals surface area contributed by atoms with Crippen LogP contribution in [0.2, 0.25) is 0 Å². The molecule has 796 valence electrons. The summed E-state index contributed by atoms with van der Waals surface area (Å²) in [6.07, 6.45) is 81.0. The molecule has 0 aromatic heterocycles. The monoisotopic (exact) mass is 2000 g/mol. The Morgan fingerprint density at radius 2 is 0.667 bits per heavy atom. The van der Waals surface area contributed by atoms with Gasteiger partial charge in [0.25, 0.3) is 0 Å². The average Bonchev–Trinajstić information content (AvgIpc) is 0.842. The van der Waals surface area contributed by atoms with Crippen molar-refractivity contribution in [1.29, 1.82) is 0 Å². The highest BCUT2D eigenvalue weighted by Gasteiger charge is 2.40. The van der Waals surface area contributed by atoms with Crippen molar-refractivity contribution in [2.45, 2.75) is 449 Å². The molecule has 0 saturated carbocycles. The van der Waals surface area contributed by atoms with E-state index in [-0.39, 0.29) is 208 Å². The van der Waals surface area contributed by atoms with Crippen LogP contribution < -0.4 is 0 Å². The SMILES string of the molecule is C/C=C1\CC2CC(=O)OC(/C=C/c3ccccc3)[C@@H](C)/C=C/[C@H](C)C[C@H]3CCCC(C[C@@H](C1)O2)O3.C=C/C=C/C1OC(=O)CC2C/C(=C\C)C[C@H](CC3CCC[C@H](C[C@@H](C)/C=C/[C@@H]1C)O3)O2.CC/C(C)=C/C=C\C=C\C1OC(=O)CC2CC(=O)C[C@H](CC3CCC[C@H](C[C@@H](C)/C=C/[C@@H]1C)O3)O2.CCCCC=C/C=C/C1OC(=O)CC2C[C@H](O)C[C@H](CC3CCC[C@H](C[C@@H](C)/C=C/[C@@H]1C)O3)O2.O=C=O.O=C=O.O=C=O. The van der Waals surface area contributed by atoms with Gasteiger partial charge in [0.2, 0.25) is 0 Å². The maximum Gasteiger partial charge on any atom is 0.373 e. The second kappa shape index (κ2) is 69.2. The average molecular weight is 2000 g/mol. The van der Waals surface area contributed by atoms with Gasteiger partial charge in [-0.25, -0.2) is 0 Å². The number of hydrogen-bond donors (Lipinski definition) is 1. The van der Waals surface area contributed by atoms with Gasteiger partial charge < -0.3 is 61.9 Å². The number of rotatable bonds is 13. The number of cyclic esters (lactones) is 4. The number of esters is 4. The first-order valence-corrected chi connectivity index (χ1v) is 54.0. The van der Waals surface area contributed by atoms with E-state index in [1.165, 1.54) is 48.8 Å². The third-order valence-corrected chi connectivity index (χ3v) is 28.8. The highest BCUT2D eigenvalue weighted by Crippen LogP contribution is 2.40. The first kappa shape index (κ1) is 122. The number of ether oxygens (including phenoxy) is 12. The van der Waals surface area contributed by atoms with E-state index in [0.29, 0.717) is 55.1 Å². The number of carbonyl (C=O) groups excluding carboxylic acids is 11. The quantitative estimate of drug-likeness (QED) is 0.0630. The van der Waals surface area contributed by atoms with E-state index in [0.717, 1.165) is 153 Å².